The summed E-state index contributed by atoms with van der Waals surface area (Å²) in [5.74, 6) is -0.0193. The van der Waals surface area contributed by atoms with Crippen LogP contribution in [0.3, 0.4) is 0 Å². The number of aliphatic hydroxyl groups is 7. The summed E-state index contributed by atoms with van der Waals surface area (Å²) in [5, 5.41) is 75.9. The van der Waals surface area contributed by atoms with E-state index in [0.29, 0.717) is 19.3 Å². The van der Waals surface area contributed by atoms with Crippen LogP contribution >= 0.6 is 0 Å². The molecule has 0 spiro atoms. The van der Waals surface area contributed by atoms with Crippen LogP contribution in [0, 0.1) is 45.3 Å². The number of esters is 1. The summed E-state index contributed by atoms with van der Waals surface area (Å²) in [4.78, 5) is 12.1. The fraction of sp³-hybridized carbons (Fsp3) is 0.976. The molecule has 0 bridgehead atoms. The Morgan fingerprint density at radius 2 is 1.30 bits per heavy atom. The average Bonchev–Trinajstić information content (AvgIpc) is 3.49. The molecule has 0 aromatic carbocycles. The Morgan fingerprint density at radius 1 is 0.679 bits per heavy atom. The predicted molar refractivity (Wildman–Crippen MR) is 199 cm³/mol. The lowest BCUT2D eigenvalue weighted by atomic mass is 9.35. The standard InChI is InChI=1S/C42H70O14/c1-20(43)53-25-17-42(9,56-38(4,5)34(25)50)21-10-14-41(8)29(21)22(44)16-27-39(6)13-12-28(37(2,3)26(39)11-15-40(27,41)7)54-36-33(31(48)24(46)19-52-36)55-35-32(49)30(47)23(45)18-51-35/h21-36,44-50H,10-19H2,1-9H3/t21-,22+,23+,24-,25+,26-,27-,28+,29+,30-,31-,32+,33-,34-,35-,36-,39-,40-,41+,42+/m0/s1. The molecule has 4 saturated carbocycles. The Morgan fingerprint density at radius 3 is 1.96 bits per heavy atom. The van der Waals surface area contributed by atoms with Crippen molar-refractivity contribution in [2.75, 3.05) is 13.2 Å². The fourth-order valence-corrected chi connectivity index (χ4v) is 14.1. The minimum absolute atomic E-state index is 0.00388. The Bertz CT molecular complexity index is 1460. The van der Waals surface area contributed by atoms with E-state index in [9.17, 15) is 40.5 Å². The van der Waals surface area contributed by atoms with E-state index in [4.69, 9.17) is 28.4 Å². The second kappa shape index (κ2) is 14.6. The normalized spacial score (nSPS) is 55.4. The van der Waals surface area contributed by atoms with E-state index in [0.717, 1.165) is 32.1 Å². The summed E-state index contributed by atoms with van der Waals surface area (Å²) in [6.07, 6.45) is -7.08. The second-order valence-electron chi connectivity index (χ2n) is 20.9. The number of fused-ring (bicyclic) bond motifs is 5. The Hall–Kier alpha value is -1.01. The molecule has 0 aromatic rings. The molecule has 7 aliphatic rings. The van der Waals surface area contributed by atoms with Crippen LogP contribution in [0.5, 0.6) is 0 Å². The Labute approximate surface area is 331 Å². The molecule has 0 amide bonds. The molecule has 7 N–H and O–H groups in total. The SMILES string of the molecule is CC(=O)O[C@@H]1C[C@](C)([C@H]2CC[C@]3(C)[C@H]2[C@H](O)C[C@H]2[C@@]4(C)CC[C@@H](O[C@@H]5OC[C@H](O)[C@H](O)[C@@H]5O[C@@H]5OC[C@@H](O)[C@H](O)[C@H]5O)C(C)(C)[C@@H]4CC[C@@]23C)OC(C)(C)[C@H]1O. The molecule has 7 rings (SSSR count). The third kappa shape index (κ3) is 6.63. The van der Waals surface area contributed by atoms with Crippen molar-refractivity contribution >= 4 is 5.97 Å². The zero-order valence-electron chi connectivity index (χ0n) is 34.8. The monoisotopic (exact) mass is 798 g/mol. The van der Waals surface area contributed by atoms with Crippen molar-refractivity contribution < 1.29 is 69.0 Å². The Kier molecular flexibility index (Phi) is 11.2. The molecule has 0 unspecified atom stereocenters. The molecule has 3 saturated heterocycles. The van der Waals surface area contributed by atoms with E-state index in [1.165, 1.54) is 6.92 Å². The van der Waals surface area contributed by atoms with Crippen LogP contribution in [-0.2, 0) is 33.2 Å². The number of hydrogen-bond donors (Lipinski definition) is 7. The molecular formula is C42H70O14. The first-order valence-corrected chi connectivity index (χ1v) is 21.1. The largest absolute Gasteiger partial charge is 0.460 e. The number of carbonyl (C=O) groups excluding carboxylic acids is 1. The third-order valence-electron chi connectivity index (χ3n) is 17.1. The highest BCUT2D eigenvalue weighted by molar-refractivity contribution is 5.66. The first kappa shape index (κ1) is 43.1. The molecule has 4 aliphatic carbocycles. The van der Waals surface area contributed by atoms with Gasteiger partial charge in [-0.05, 0) is 111 Å². The van der Waals surface area contributed by atoms with Crippen LogP contribution in [0.4, 0.5) is 0 Å². The van der Waals surface area contributed by atoms with Crippen LogP contribution < -0.4 is 0 Å². The van der Waals surface area contributed by atoms with E-state index in [-0.39, 0.29) is 64.6 Å². The van der Waals surface area contributed by atoms with Crippen molar-refractivity contribution in [3.05, 3.63) is 0 Å². The highest BCUT2D eigenvalue weighted by Gasteiger charge is 2.72. The van der Waals surface area contributed by atoms with Gasteiger partial charge in [-0.25, -0.2) is 0 Å². The lowest BCUT2D eigenvalue weighted by Gasteiger charge is -2.71. The second-order valence-corrected chi connectivity index (χ2v) is 20.9. The predicted octanol–water partition coefficient (Wildman–Crippen LogP) is 2.18. The van der Waals surface area contributed by atoms with E-state index >= 15 is 0 Å². The molecule has 56 heavy (non-hydrogen) atoms. The summed E-state index contributed by atoms with van der Waals surface area (Å²) in [7, 11) is 0. The van der Waals surface area contributed by atoms with Gasteiger partial charge in [0.05, 0.1) is 36.6 Å². The van der Waals surface area contributed by atoms with E-state index in [1.54, 1.807) is 0 Å². The van der Waals surface area contributed by atoms with Crippen molar-refractivity contribution in [1.29, 1.82) is 0 Å². The zero-order valence-corrected chi connectivity index (χ0v) is 34.8. The van der Waals surface area contributed by atoms with Gasteiger partial charge in [0.15, 0.2) is 12.6 Å². The van der Waals surface area contributed by atoms with Gasteiger partial charge in [-0.15, -0.1) is 0 Å². The van der Waals surface area contributed by atoms with E-state index in [2.05, 4.69) is 41.5 Å². The summed E-state index contributed by atoms with van der Waals surface area (Å²) < 4.78 is 36.6. The van der Waals surface area contributed by atoms with Gasteiger partial charge in [-0.2, -0.15) is 0 Å². The molecule has 0 radical (unpaired) electrons. The lowest BCUT2D eigenvalue weighted by molar-refractivity contribution is -0.357. The summed E-state index contributed by atoms with van der Waals surface area (Å²) in [5.41, 5.74) is -2.44. The first-order chi connectivity index (χ1) is 25.9. The molecule has 14 nitrogen and oxygen atoms in total. The first-order valence-electron chi connectivity index (χ1n) is 21.1. The summed E-state index contributed by atoms with van der Waals surface area (Å²) in [6.45, 7) is 18.4. The topological polar surface area (TPSA) is 214 Å². The molecule has 7 fully saturated rings. The van der Waals surface area contributed by atoms with Gasteiger partial charge >= 0.3 is 5.97 Å². The number of rotatable bonds is 6. The molecule has 0 aromatic heterocycles. The van der Waals surface area contributed by atoms with Crippen molar-refractivity contribution in [2.24, 2.45) is 45.3 Å². The van der Waals surface area contributed by atoms with Crippen molar-refractivity contribution in [3.63, 3.8) is 0 Å². The molecular weight excluding hydrogens is 728 g/mol. The number of aliphatic hydroxyl groups excluding tert-OH is 7. The maximum atomic E-state index is 12.4. The van der Waals surface area contributed by atoms with Gasteiger partial charge in [-0.3, -0.25) is 4.79 Å². The Balaban J connectivity index is 1.11. The van der Waals surface area contributed by atoms with E-state index < -0.39 is 84.7 Å². The molecule has 3 aliphatic heterocycles. The summed E-state index contributed by atoms with van der Waals surface area (Å²) >= 11 is 0. The van der Waals surface area contributed by atoms with Gasteiger partial charge in [0.25, 0.3) is 0 Å². The summed E-state index contributed by atoms with van der Waals surface area (Å²) in [6, 6.07) is 0. The van der Waals surface area contributed by atoms with E-state index in [1.807, 2.05) is 13.8 Å². The van der Waals surface area contributed by atoms with Crippen molar-refractivity contribution in [2.45, 2.75) is 199 Å². The van der Waals surface area contributed by atoms with Crippen LogP contribution in [-0.4, -0.2) is 140 Å². The third-order valence-corrected chi connectivity index (χ3v) is 17.1. The van der Waals surface area contributed by atoms with Crippen LogP contribution in [0.15, 0.2) is 0 Å². The maximum Gasteiger partial charge on any atom is 0.302 e. The van der Waals surface area contributed by atoms with Crippen molar-refractivity contribution in [3.8, 4) is 0 Å². The van der Waals surface area contributed by atoms with Crippen LogP contribution in [0.25, 0.3) is 0 Å². The van der Waals surface area contributed by atoms with Gasteiger partial charge in [0, 0.05) is 13.3 Å². The minimum Gasteiger partial charge on any atom is -0.460 e. The molecule has 322 valence electrons. The quantitative estimate of drug-likeness (QED) is 0.152. The van der Waals surface area contributed by atoms with Crippen LogP contribution in [0.1, 0.15) is 114 Å². The maximum absolute atomic E-state index is 12.4. The van der Waals surface area contributed by atoms with Gasteiger partial charge < -0.3 is 64.2 Å². The highest BCUT2D eigenvalue weighted by atomic mass is 16.7. The average molecular weight is 799 g/mol. The number of ether oxygens (including phenoxy) is 6. The van der Waals surface area contributed by atoms with Gasteiger partial charge in [0.1, 0.15) is 48.8 Å². The fourth-order valence-electron chi connectivity index (χ4n) is 14.1. The van der Waals surface area contributed by atoms with Crippen LogP contribution in [0.2, 0.25) is 0 Å². The zero-order chi connectivity index (χ0) is 41.1. The van der Waals surface area contributed by atoms with Crippen molar-refractivity contribution in [1.82, 2.24) is 0 Å². The molecule has 20 atom stereocenters. The van der Waals surface area contributed by atoms with Gasteiger partial charge in [0.2, 0.25) is 0 Å². The lowest BCUT2D eigenvalue weighted by Crippen LogP contribution is -2.68. The molecule has 14 heteroatoms. The van der Waals surface area contributed by atoms with Gasteiger partial charge in [-0.1, -0.05) is 34.6 Å². The number of carbonyl (C=O) groups is 1. The molecule has 3 heterocycles. The smallest absolute Gasteiger partial charge is 0.302 e. The number of hydrogen-bond acceptors (Lipinski definition) is 14. The highest BCUT2D eigenvalue weighted by Crippen LogP contribution is 2.76. The minimum atomic E-state index is -1.59.